The average Bonchev–Trinajstić information content (AvgIpc) is 2.64. The highest BCUT2D eigenvalue weighted by Crippen LogP contribution is 2.27. The molecule has 0 saturated heterocycles. The Hall–Kier alpha value is -1.75. The molecule has 19 heavy (non-hydrogen) atoms. The summed E-state index contributed by atoms with van der Waals surface area (Å²) in [6, 6.07) is 5.77. The van der Waals surface area contributed by atoms with Crippen LogP contribution in [0.1, 0.15) is 20.3 Å². The Kier molecular flexibility index (Phi) is 3.41. The van der Waals surface area contributed by atoms with Gasteiger partial charge in [-0.3, -0.25) is 4.57 Å². The number of fused-ring (bicyclic) bond motifs is 1. The van der Waals surface area contributed by atoms with Crippen LogP contribution in [-0.2, 0) is 7.05 Å². The molecule has 1 aromatic carbocycles. The lowest BCUT2D eigenvalue weighted by molar-refractivity contribution is 0.456. The summed E-state index contributed by atoms with van der Waals surface area (Å²) in [5, 5.41) is 0. The van der Waals surface area contributed by atoms with Gasteiger partial charge in [0.25, 0.3) is 0 Å². The summed E-state index contributed by atoms with van der Waals surface area (Å²) in [5.41, 5.74) is 8.08. The van der Waals surface area contributed by atoms with Crippen LogP contribution >= 0.6 is 0 Å². The summed E-state index contributed by atoms with van der Waals surface area (Å²) < 4.78 is 6.65. The lowest BCUT2D eigenvalue weighted by atomic mass is 9.98. The van der Waals surface area contributed by atoms with Gasteiger partial charge >= 0.3 is 5.76 Å². The fourth-order valence-corrected chi connectivity index (χ4v) is 2.19. The summed E-state index contributed by atoms with van der Waals surface area (Å²) in [7, 11) is 3.75. The van der Waals surface area contributed by atoms with E-state index in [1.807, 2.05) is 25.2 Å². The number of nitrogens with two attached hydrogens (primary N) is 1. The van der Waals surface area contributed by atoms with Crippen LogP contribution in [-0.4, -0.2) is 23.7 Å². The molecular weight excluding hydrogens is 242 g/mol. The molecule has 2 aromatic rings. The van der Waals surface area contributed by atoms with Crippen LogP contribution in [0.2, 0.25) is 0 Å². The number of benzene rings is 1. The Morgan fingerprint density at radius 1 is 1.42 bits per heavy atom. The number of nitrogens with zero attached hydrogens (tertiary/aromatic N) is 2. The van der Waals surface area contributed by atoms with Crippen LogP contribution in [0, 0.1) is 0 Å². The predicted octanol–water partition coefficient (Wildman–Crippen LogP) is 1.70. The van der Waals surface area contributed by atoms with Crippen molar-refractivity contribution in [1.82, 2.24) is 4.57 Å². The van der Waals surface area contributed by atoms with E-state index in [0.717, 1.165) is 17.6 Å². The van der Waals surface area contributed by atoms with Gasteiger partial charge in [0.1, 0.15) is 0 Å². The lowest BCUT2D eigenvalue weighted by Crippen LogP contribution is -2.42. The Balaban J connectivity index is 2.46. The third-order valence-electron chi connectivity index (χ3n) is 3.83. The zero-order valence-electron chi connectivity index (χ0n) is 11.9. The average molecular weight is 263 g/mol. The summed E-state index contributed by atoms with van der Waals surface area (Å²) in [4.78, 5) is 13.7. The van der Waals surface area contributed by atoms with E-state index in [0.29, 0.717) is 12.1 Å². The molecule has 5 heteroatoms. The number of hydrogen-bond acceptors (Lipinski definition) is 4. The number of aryl methyl sites for hydroxylation is 1. The standard InChI is InChI=1S/C14H21N3O2/c1-14(2,7-8-15)17(4)10-5-6-12-11(9-10)16(3)13(18)19-12/h5-6,9H,7-8,15H2,1-4H3. The molecule has 2 rings (SSSR count). The van der Waals surface area contributed by atoms with Crippen molar-refractivity contribution in [2.45, 2.75) is 25.8 Å². The van der Waals surface area contributed by atoms with E-state index in [9.17, 15) is 4.79 Å². The van der Waals surface area contributed by atoms with Crippen molar-refractivity contribution in [2.24, 2.45) is 12.8 Å². The van der Waals surface area contributed by atoms with Crippen molar-refractivity contribution < 1.29 is 4.42 Å². The van der Waals surface area contributed by atoms with E-state index in [2.05, 4.69) is 18.7 Å². The van der Waals surface area contributed by atoms with Crippen molar-refractivity contribution >= 4 is 16.8 Å². The summed E-state index contributed by atoms with van der Waals surface area (Å²) >= 11 is 0. The van der Waals surface area contributed by atoms with Crippen LogP contribution in [0.5, 0.6) is 0 Å². The fourth-order valence-electron chi connectivity index (χ4n) is 2.19. The smallest absolute Gasteiger partial charge is 0.408 e. The summed E-state index contributed by atoms with van der Waals surface area (Å²) in [6.07, 6.45) is 0.895. The topological polar surface area (TPSA) is 64.4 Å². The number of hydrogen-bond donors (Lipinski definition) is 1. The molecular formula is C14H21N3O2. The van der Waals surface area contributed by atoms with Gasteiger partial charge in [-0.25, -0.2) is 4.79 Å². The Bertz CT molecular complexity index is 640. The molecule has 0 aliphatic heterocycles. The number of oxazole rings is 1. The minimum Gasteiger partial charge on any atom is -0.408 e. The van der Waals surface area contributed by atoms with Crippen molar-refractivity contribution in [1.29, 1.82) is 0 Å². The lowest BCUT2D eigenvalue weighted by Gasteiger charge is -2.37. The van der Waals surface area contributed by atoms with Crippen LogP contribution in [0.25, 0.3) is 11.1 Å². The monoisotopic (exact) mass is 263 g/mol. The van der Waals surface area contributed by atoms with Gasteiger partial charge < -0.3 is 15.1 Å². The number of rotatable bonds is 4. The molecule has 0 aliphatic carbocycles. The third kappa shape index (κ3) is 2.38. The molecule has 5 nitrogen and oxygen atoms in total. The van der Waals surface area contributed by atoms with Crippen molar-refractivity contribution in [3.05, 3.63) is 28.7 Å². The van der Waals surface area contributed by atoms with Crippen LogP contribution < -0.4 is 16.4 Å². The molecule has 0 bridgehead atoms. The van der Waals surface area contributed by atoms with E-state index < -0.39 is 0 Å². The maximum atomic E-state index is 11.5. The first-order valence-electron chi connectivity index (χ1n) is 6.40. The van der Waals surface area contributed by atoms with Gasteiger partial charge in [-0.1, -0.05) is 0 Å². The van der Waals surface area contributed by atoms with Crippen molar-refractivity contribution in [3.63, 3.8) is 0 Å². The largest absolute Gasteiger partial charge is 0.419 e. The summed E-state index contributed by atoms with van der Waals surface area (Å²) in [5.74, 6) is -0.337. The van der Waals surface area contributed by atoms with Crippen LogP contribution in [0.15, 0.2) is 27.4 Å². The van der Waals surface area contributed by atoms with Gasteiger partial charge in [-0.05, 0) is 45.0 Å². The molecule has 0 saturated carbocycles. The second-order valence-electron chi connectivity index (χ2n) is 5.49. The molecule has 0 aliphatic rings. The second-order valence-corrected chi connectivity index (χ2v) is 5.49. The van der Waals surface area contributed by atoms with Gasteiger partial charge in [0, 0.05) is 25.3 Å². The maximum Gasteiger partial charge on any atom is 0.419 e. The molecule has 0 spiro atoms. The molecule has 0 fully saturated rings. The minimum absolute atomic E-state index is 0.0367. The molecule has 0 atom stereocenters. The van der Waals surface area contributed by atoms with Crippen LogP contribution in [0.4, 0.5) is 5.69 Å². The molecule has 0 amide bonds. The van der Waals surface area contributed by atoms with Crippen LogP contribution in [0.3, 0.4) is 0 Å². The molecule has 104 valence electrons. The van der Waals surface area contributed by atoms with Gasteiger partial charge in [0.15, 0.2) is 5.58 Å². The number of anilines is 1. The Morgan fingerprint density at radius 3 is 2.74 bits per heavy atom. The normalized spacial score (nSPS) is 12.1. The number of aromatic nitrogens is 1. The highest BCUT2D eigenvalue weighted by atomic mass is 16.4. The quantitative estimate of drug-likeness (QED) is 0.911. The van der Waals surface area contributed by atoms with E-state index >= 15 is 0 Å². The fraction of sp³-hybridized carbons (Fsp3) is 0.500. The second kappa shape index (κ2) is 4.74. The maximum absolute atomic E-state index is 11.5. The first kappa shape index (κ1) is 13.7. The van der Waals surface area contributed by atoms with Gasteiger partial charge in [0.05, 0.1) is 5.52 Å². The zero-order valence-corrected chi connectivity index (χ0v) is 11.9. The molecule has 1 aromatic heterocycles. The highest BCUT2D eigenvalue weighted by Gasteiger charge is 2.23. The van der Waals surface area contributed by atoms with E-state index in [1.165, 1.54) is 4.57 Å². The SMILES string of the molecule is CN(c1ccc2oc(=O)n(C)c2c1)C(C)(C)CCN. The minimum atomic E-state index is -0.337. The van der Waals surface area contributed by atoms with Gasteiger partial charge in [0.2, 0.25) is 0 Å². The molecule has 0 radical (unpaired) electrons. The first-order chi connectivity index (χ1) is 8.86. The highest BCUT2D eigenvalue weighted by molar-refractivity contribution is 5.78. The van der Waals surface area contributed by atoms with Crippen molar-refractivity contribution in [3.8, 4) is 0 Å². The van der Waals surface area contributed by atoms with Crippen molar-refractivity contribution in [2.75, 3.05) is 18.5 Å². The van der Waals surface area contributed by atoms with Gasteiger partial charge in [-0.2, -0.15) is 0 Å². The third-order valence-corrected chi connectivity index (χ3v) is 3.83. The van der Waals surface area contributed by atoms with E-state index in [-0.39, 0.29) is 11.3 Å². The first-order valence-corrected chi connectivity index (χ1v) is 6.40. The molecule has 0 unspecified atom stereocenters. The molecule has 2 N–H and O–H groups in total. The Labute approximate surface area is 112 Å². The predicted molar refractivity (Wildman–Crippen MR) is 77.6 cm³/mol. The van der Waals surface area contributed by atoms with Gasteiger partial charge in [-0.15, -0.1) is 0 Å². The Morgan fingerprint density at radius 2 is 2.11 bits per heavy atom. The zero-order chi connectivity index (χ0) is 14.2. The summed E-state index contributed by atoms with van der Waals surface area (Å²) in [6.45, 7) is 4.95. The molecule has 1 heterocycles. The van der Waals surface area contributed by atoms with E-state index in [1.54, 1.807) is 7.05 Å². The van der Waals surface area contributed by atoms with E-state index in [4.69, 9.17) is 10.2 Å².